The number of hydrogen-bond acceptors (Lipinski definition) is 5. The third-order valence-corrected chi connectivity index (χ3v) is 3.05. The Bertz CT molecular complexity index is 343. The van der Waals surface area contributed by atoms with Crippen molar-refractivity contribution in [2.75, 3.05) is 24.6 Å². The lowest BCUT2D eigenvalue weighted by molar-refractivity contribution is 0.263. The topological polar surface area (TPSA) is 62.4 Å². The SMILES string of the molecule is CC(Cl)c1nnc(N2CCC(CCO)C2)o1. The minimum Gasteiger partial charge on any atom is -0.406 e. The van der Waals surface area contributed by atoms with Crippen LogP contribution < -0.4 is 4.90 Å². The molecule has 2 rings (SSSR count). The number of aliphatic hydroxyl groups is 1. The van der Waals surface area contributed by atoms with E-state index in [4.69, 9.17) is 21.1 Å². The second kappa shape index (κ2) is 5.01. The summed E-state index contributed by atoms with van der Waals surface area (Å²) in [5, 5.41) is 16.5. The summed E-state index contributed by atoms with van der Waals surface area (Å²) in [5.74, 6) is 0.982. The third kappa shape index (κ3) is 2.47. The monoisotopic (exact) mass is 245 g/mol. The lowest BCUT2D eigenvalue weighted by atomic mass is 10.1. The predicted octanol–water partition coefficient (Wildman–Crippen LogP) is 1.58. The zero-order valence-corrected chi connectivity index (χ0v) is 10.0. The summed E-state index contributed by atoms with van der Waals surface area (Å²) >= 11 is 5.85. The summed E-state index contributed by atoms with van der Waals surface area (Å²) in [7, 11) is 0. The molecule has 1 aliphatic rings. The van der Waals surface area contributed by atoms with E-state index >= 15 is 0 Å². The Morgan fingerprint density at radius 3 is 3.06 bits per heavy atom. The molecule has 0 radical (unpaired) electrons. The molecule has 5 nitrogen and oxygen atoms in total. The standard InChI is InChI=1S/C10H16ClN3O2/c1-7(11)9-12-13-10(16-9)14-4-2-8(6-14)3-5-15/h7-8,15H,2-6H2,1H3. The van der Waals surface area contributed by atoms with Gasteiger partial charge in [0, 0.05) is 19.7 Å². The van der Waals surface area contributed by atoms with Crippen LogP contribution in [0.25, 0.3) is 0 Å². The van der Waals surface area contributed by atoms with E-state index in [0.29, 0.717) is 17.8 Å². The Hall–Kier alpha value is -0.810. The molecular formula is C10H16ClN3O2. The first-order valence-electron chi connectivity index (χ1n) is 5.54. The Morgan fingerprint density at radius 2 is 2.44 bits per heavy atom. The molecule has 0 bridgehead atoms. The van der Waals surface area contributed by atoms with Gasteiger partial charge in [-0.3, -0.25) is 0 Å². The van der Waals surface area contributed by atoms with Crippen molar-refractivity contribution in [3.05, 3.63) is 5.89 Å². The molecule has 0 spiro atoms. The Kier molecular flexibility index (Phi) is 3.66. The Morgan fingerprint density at radius 1 is 1.62 bits per heavy atom. The van der Waals surface area contributed by atoms with Crippen molar-refractivity contribution in [1.29, 1.82) is 0 Å². The normalized spacial score (nSPS) is 22.7. The van der Waals surface area contributed by atoms with Crippen LogP contribution in [0.15, 0.2) is 4.42 Å². The fourth-order valence-electron chi connectivity index (χ4n) is 1.94. The van der Waals surface area contributed by atoms with Crippen LogP contribution in [0.4, 0.5) is 6.01 Å². The summed E-state index contributed by atoms with van der Waals surface area (Å²) in [6.45, 7) is 3.82. The molecule has 1 aliphatic heterocycles. The van der Waals surface area contributed by atoms with E-state index in [1.165, 1.54) is 0 Å². The van der Waals surface area contributed by atoms with Gasteiger partial charge in [-0.2, -0.15) is 0 Å². The zero-order valence-electron chi connectivity index (χ0n) is 9.27. The number of hydrogen-bond donors (Lipinski definition) is 1. The molecule has 1 N–H and O–H groups in total. The van der Waals surface area contributed by atoms with Crippen molar-refractivity contribution < 1.29 is 9.52 Å². The van der Waals surface area contributed by atoms with E-state index in [-0.39, 0.29) is 12.0 Å². The van der Waals surface area contributed by atoms with Crippen LogP contribution in [0.5, 0.6) is 0 Å². The van der Waals surface area contributed by atoms with Crippen molar-refractivity contribution in [3.8, 4) is 0 Å². The van der Waals surface area contributed by atoms with Gasteiger partial charge < -0.3 is 14.4 Å². The molecule has 2 unspecified atom stereocenters. The summed E-state index contributed by atoms with van der Waals surface area (Å²) in [4.78, 5) is 2.05. The van der Waals surface area contributed by atoms with Gasteiger partial charge in [0.1, 0.15) is 5.38 Å². The summed E-state index contributed by atoms with van der Waals surface area (Å²) in [6, 6.07) is 0.544. The second-order valence-corrected chi connectivity index (χ2v) is 4.81. The number of halogens is 1. The molecule has 0 saturated carbocycles. The highest BCUT2D eigenvalue weighted by Gasteiger charge is 2.26. The molecule has 0 aromatic carbocycles. The van der Waals surface area contributed by atoms with Gasteiger partial charge in [0.2, 0.25) is 5.89 Å². The first kappa shape index (κ1) is 11.7. The van der Waals surface area contributed by atoms with Gasteiger partial charge in [-0.15, -0.1) is 16.7 Å². The fourth-order valence-corrected chi connectivity index (χ4v) is 2.03. The van der Waals surface area contributed by atoms with Gasteiger partial charge in [0.05, 0.1) is 0 Å². The molecule has 90 valence electrons. The molecule has 6 heteroatoms. The average molecular weight is 246 g/mol. The maximum absolute atomic E-state index is 8.87. The number of aromatic nitrogens is 2. The first-order valence-corrected chi connectivity index (χ1v) is 5.97. The van der Waals surface area contributed by atoms with Gasteiger partial charge in [0.15, 0.2) is 0 Å². The molecule has 1 saturated heterocycles. The molecule has 16 heavy (non-hydrogen) atoms. The molecule has 0 aliphatic carbocycles. The fraction of sp³-hybridized carbons (Fsp3) is 0.800. The van der Waals surface area contributed by atoms with Crippen molar-refractivity contribution in [2.45, 2.75) is 25.1 Å². The molecular weight excluding hydrogens is 230 g/mol. The first-order chi connectivity index (χ1) is 7.70. The van der Waals surface area contributed by atoms with Crippen molar-refractivity contribution in [1.82, 2.24) is 10.2 Å². The zero-order chi connectivity index (χ0) is 11.5. The van der Waals surface area contributed by atoms with Crippen LogP contribution in [0, 0.1) is 5.92 Å². The van der Waals surface area contributed by atoms with Crippen LogP contribution in [0.2, 0.25) is 0 Å². The Labute approximate surface area is 99.4 Å². The summed E-state index contributed by atoms with van der Waals surface area (Å²) in [6.07, 6.45) is 1.90. The lowest BCUT2D eigenvalue weighted by Crippen LogP contribution is -2.20. The number of rotatable bonds is 4. The minimum atomic E-state index is -0.253. The van der Waals surface area contributed by atoms with Crippen LogP contribution >= 0.6 is 11.6 Å². The van der Waals surface area contributed by atoms with Gasteiger partial charge >= 0.3 is 6.01 Å². The number of alkyl halides is 1. The second-order valence-electron chi connectivity index (χ2n) is 4.15. The van der Waals surface area contributed by atoms with E-state index in [1.807, 2.05) is 0 Å². The third-order valence-electron chi connectivity index (χ3n) is 2.86. The molecule has 1 aromatic heterocycles. The number of aliphatic hydroxyl groups excluding tert-OH is 1. The van der Waals surface area contributed by atoms with Gasteiger partial charge in [-0.05, 0) is 25.7 Å². The molecule has 2 heterocycles. The van der Waals surface area contributed by atoms with Crippen molar-refractivity contribution >= 4 is 17.6 Å². The van der Waals surface area contributed by atoms with Crippen molar-refractivity contribution in [2.24, 2.45) is 5.92 Å². The molecule has 2 atom stereocenters. The quantitative estimate of drug-likeness (QED) is 0.816. The molecule has 1 aromatic rings. The van der Waals surface area contributed by atoms with E-state index in [0.717, 1.165) is 25.9 Å². The van der Waals surface area contributed by atoms with E-state index in [9.17, 15) is 0 Å². The highest BCUT2D eigenvalue weighted by Crippen LogP contribution is 2.26. The van der Waals surface area contributed by atoms with Gasteiger partial charge in [-0.25, -0.2) is 0 Å². The predicted molar refractivity (Wildman–Crippen MR) is 60.6 cm³/mol. The van der Waals surface area contributed by atoms with E-state index in [2.05, 4.69) is 15.1 Å². The number of anilines is 1. The van der Waals surface area contributed by atoms with Gasteiger partial charge in [-0.1, -0.05) is 5.10 Å². The van der Waals surface area contributed by atoms with Crippen molar-refractivity contribution in [3.63, 3.8) is 0 Å². The minimum absolute atomic E-state index is 0.242. The highest BCUT2D eigenvalue weighted by molar-refractivity contribution is 6.20. The number of nitrogens with zero attached hydrogens (tertiary/aromatic N) is 3. The molecule has 1 fully saturated rings. The lowest BCUT2D eigenvalue weighted by Gasteiger charge is -2.12. The average Bonchev–Trinajstić information content (AvgIpc) is 2.84. The van der Waals surface area contributed by atoms with Crippen LogP contribution in [-0.4, -0.2) is 35.0 Å². The van der Waals surface area contributed by atoms with Crippen LogP contribution in [0.3, 0.4) is 0 Å². The summed E-state index contributed by atoms with van der Waals surface area (Å²) in [5.41, 5.74) is 0. The molecule has 0 amide bonds. The Balaban J connectivity index is 1.97. The van der Waals surface area contributed by atoms with Crippen LogP contribution in [-0.2, 0) is 0 Å². The van der Waals surface area contributed by atoms with Crippen LogP contribution in [0.1, 0.15) is 31.0 Å². The maximum Gasteiger partial charge on any atom is 0.318 e. The summed E-state index contributed by atoms with van der Waals surface area (Å²) < 4.78 is 5.46. The van der Waals surface area contributed by atoms with Gasteiger partial charge in [0.25, 0.3) is 0 Å². The van der Waals surface area contributed by atoms with E-state index in [1.54, 1.807) is 6.92 Å². The smallest absolute Gasteiger partial charge is 0.318 e. The van der Waals surface area contributed by atoms with E-state index < -0.39 is 0 Å². The maximum atomic E-state index is 8.87. The largest absolute Gasteiger partial charge is 0.406 e. The highest BCUT2D eigenvalue weighted by atomic mass is 35.5.